The van der Waals surface area contributed by atoms with E-state index in [0.717, 1.165) is 53.1 Å². The van der Waals surface area contributed by atoms with Gasteiger partial charge in [0.25, 0.3) is 0 Å². The monoisotopic (exact) mass is 584 g/mol. The van der Waals surface area contributed by atoms with Gasteiger partial charge in [-0.3, -0.25) is 14.4 Å². The summed E-state index contributed by atoms with van der Waals surface area (Å²) in [5.74, 6) is 0.492. The molecule has 2 heterocycles. The van der Waals surface area contributed by atoms with Crippen LogP contribution >= 0.6 is 11.3 Å². The number of aromatic nitrogens is 4. The van der Waals surface area contributed by atoms with E-state index in [1.807, 2.05) is 74.5 Å². The molecule has 4 rings (SSSR count). The number of hydrogen-bond donors (Lipinski definition) is 2. The van der Waals surface area contributed by atoms with Crippen LogP contribution in [0.3, 0.4) is 0 Å². The van der Waals surface area contributed by atoms with Crippen LogP contribution in [0.15, 0.2) is 66.7 Å². The van der Waals surface area contributed by atoms with Gasteiger partial charge in [0.05, 0.1) is 18.5 Å². The number of carbonyl (C=O) groups excluding carboxylic acids is 3. The Morgan fingerprint density at radius 3 is 2.29 bits per heavy atom. The summed E-state index contributed by atoms with van der Waals surface area (Å²) in [6, 6.07) is 21.1. The van der Waals surface area contributed by atoms with Gasteiger partial charge >= 0.3 is 0 Å². The van der Waals surface area contributed by atoms with Crippen molar-refractivity contribution in [1.82, 2.24) is 20.4 Å². The van der Waals surface area contributed by atoms with Gasteiger partial charge in [-0.15, -0.1) is 15.3 Å². The number of nitrogens with one attached hydrogen (secondary N) is 2. The number of rotatable bonds is 15. The van der Waals surface area contributed by atoms with E-state index in [-0.39, 0.29) is 29.9 Å². The maximum Gasteiger partial charge on any atom is 0.230 e. The highest BCUT2D eigenvalue weighted by atomic mass is 32.1. The number of carbonyl (C=O) groups is 3. The molecule has 0 aliphatic rings. The standard InChI is InChI=1S/C32H36N6O3S/c1-3-27(39)18-22(2)25-13-9-12-24(19-25)21-29(40)33-28-17-16-26(35-36-28)14-7-8-15-31-37-38-32(42-31)34-30(41)20-23-10-5-4-6-11-23/h4-6,9-13,16-17,19,22H,3,7-8,14-15,18,20-21H2,1-2H3,(H,33,36,40)(H,34,38,41). The molecule has 0 aliphatic carbocycles. The van der Waals surface area contributed by atoms with Gasteiger partial charge in [0, 0.05) is 19.3 Å². The van der Waals surface area contributed by atoms with Crippen LogP contribution in [0.2, 0.25) is 0 Å². The number of aryl methyl sites for hydroxylation is 2. The summed E-state index contributed by atoms with van der Waals surface area (Å²) in [7, 11) is 0. The molecular weight excluding hydrogens is 548 g/mol. The zero-order valence-corrected chi connectivity index (χ0v) is 24.8. The molecule has 1 atom stereocenters. The molecule has 2 aromatic heterocycles. The zero-order chi connectivity index (χ0) is 29.7. The summed E-state index contributed by atoms with van der Waals surface area (Å²) in [5, 5.41) is 23.7. The fraction of sp³-hybridized carbons (Fsp3) is 0.344. The number of amides is 2. The fourth-order valence-corrected chi connectivity index (χ4v) is 5.28. The van der Waals surface area contributed by atoms with Crippen molar-refractivity contribution in [3.05, 3.63) is 94.1 Å². The number of unbranched alkanes of at least 4 members (excludes halogenated alkanes) is 1. The molecule has 0 spiro atoms. The molecule has 4 aromatic rings. The fourth-order valence-electron chi connectivity index (χ4n) is 4.48. The summed E-state index contributed by atoms with van der Waals surface area (Å²) >= 11 is 1.40. The molecule has 0 saturated carbocycles. The molecule has 2 amide bonds. The Kier molecular flexibility index (Phi) is 11.4. The first-order valence-electron chi connectivity index (χ1n) is 14.3. The molecule has 218 valence electrons. The Balaban J connectivity index is 1.16. The van der Waals surface area contributed by atoms with Crippen molar-refractivity contribution < 1.29 is 14.4 Å². The van der Waals surface area contributed by atoms with Crippen LogP contribution in [0.4, 0.5) is 10.9 Å². The summed E-state index contributed by atoms with van der Waals surface area (Å²) in [6.45, 7) is 3.91. The number of Topliss-reactive ketones (excluding diaryl/α,β-unsaturated/α-hetero) is 1. The van der Waals surface area contributed by atoms with Gasteiger partial charge < -0.3 is 10.6 Å². The molecule has 0 saturated heterocycles. The van der Waals surface area contributed by atoms with Crippen molar-refractivity contribution >= 4 is 39.9 Å². The lowest BCUT2D eigenvalue weighted by Gasteiger charge is -2.12. The van der Waals surface area contributed by atoms with Crippen LogP contribution in [0.5, 0.6) is 0 Å². The van der Waals surface area contributed by atoms with Crippen LogP contribution < -0.4 is 10.6 Å². The SMILES string of the molecule is CCC(=O)CC(C)c1cccc(CC(=O)Nc2ccc(CCCCc3nnc(NC(=O)Cc4ccccc4)s3)nn2)c1. The van der Waals surface area contributed by atoms with Crippen molar-refractivity contribution in [2.45, 2.75) is 71.1 Å². The molecule has 2 aromatic carbocycles. The number of benzene rings is 2. The van der Waals surface area contributed by atoms with E-state index < -0.39 is 0 Å². The normalized spacial score (nSPS) is 11.6. The number of anilines is 2. The highest BCUT2D eigenvalue weighted by Gasteiger charge is 2.13. The van der Waals surface area contributed by atoms with Gasteiger partial charge in [0.15, 0.2) is 5.82 Å². The van der Waals surface area contributed by atoms with Crippen molar-refractivity contribution in [2.24, 2.45) is 0 Å². The Labute approximate surface area is 250 Å². The van der Waals surface area contributed by atoms with Gasteiger partial charge in [0.1, 0.15) is 10.8 Å². The predicted molar refractivity (Wildman–Crippen MR) is 164 cm³/mol. The molecule has 10 heteroatoms. The largest absolute Gasteiger partial charge is 0.309 e. The van der Waals surface area contributed by atoms with Crippen LogP contribution in [-0.4, -0.2) is 38.0 Å². The first-order chi connectivity index (χ1) is 20.4. The summed E-state index contributed by atoms with van der Waals surface area (Å²) < 4.78 is 0. The highest BCUT2D eigenvalue weighted by molar-refractivity contribution is 7.15. The van der Waals surface area contributed by atoms with E-state index in [2.05, 4.69) is 31.0 Å². The molecule has 0 fully saturated rings. The van der Waals surface area contributed by atoms with E-state index in [4.69, 9.17) is 0 Å². The maximum atomic E-state index is 12.6. The summed E-state index contributed by atoms with van der Waals surface area (Å²) in [5.41, 5.74) is 3.75. The molecule has 2 N–H and O–H groups in total. The Morgan fingerprint density at radius 2 is 1.52 bits per heavy atom. The lowest BCUT2D eigenvalue weighted by molar-refractivity contribution is -0.119. The van der Waals surface area contributed by atoms with Gasteiger partial charge in [-0.25, -0.2) is 0 Å². The van der Waals surface area contributed by atoms with E-state index in [0.29, 0.717) is 30.2 Å². The van der Waals surface area contributed by atoms with Crippen molar-refractivity contribution in [1.29, 1.82) is 0 Å². The van der Waals surface area contributed by atoms with Crippen LogP contribution in [0, 0.1) is 0 Å². The van der Waals surface area contributed by atoms with Gasteiger partial charge in [-0.1, -0.05) is 79.8 Å². The second-order valence-corrected chi connectivity index (χ2v) is 11.4. The molecule has 42 heavy (non-hydrogen) atoms. The average molecular weight is 585 g/mol. The van der Waals surface area contributed by atoms with Gasteiger partial charge in [-0.2, -0.15) is 5.10 Å². The molecule has 0 aliphatic heterocycles. The number of hydrogen-bond acceptors (Lipinski definition) is 8. The number of ketones is 1. The second kappa shape index (κ2) is 15.6. The Morgan fingerprint density at radius 1 is 0.786 bits per heavy atom. The molecule has 0 bridgehead atoms. The predicted octanol–water partition coefficient (Wildman–Crippen LogP) is 5.73. The molecular formula is C32H36N6O3S. The smallest absolute Gasteiger partial charge is 0.230 e. The van der Waals surface area contributed by atoms with Crippen LogP contribution in [0.25, 0.3) is 0 Å². The summed E-state index contributed by atoms with van der Waals surface area (Å²) in [4.78, 5) is 36.6. The third-order valence-electron chi connectivity index (χ3n) is 6.79. The van der Waals surface area contributed by atoms with E-state index in [1.165, 1.54) is 11.3 Å². The molecule has 9 nitrogen and oxygen atoms in total. The quantitative estimate of drug-likeness (QED) is 0.171. The maximum absolute atomic E-state index is 12.6. The van der Waals surface area contributed by atoms with Gasteiger partial charge in [-0.05, 0) is 54.0 Å². The minimum absolute atomic E-state index is 0.109. The lowest BCUT2D eigenvalue weighted by atomic mass is 9.93. The number of nitrogens with zero attached hydrogens (tertiary/aromatic N) is 4. The van der Waals surface area contributed by atoms with Crippen molar-refractivity contribution in [3.63, 3.8) is 0 Å². The summed E-state index contributed by atoms with van der Waals surface area (Å²) in [6.07, 6.45) is 4.88. The Hall–Kier alpha value is -4.31. The lowest BCUT2D eigenvalue weighted by Crippen LogP contribution is -2.16. The highest BCUT2D eigenvalue weighted by Crippen LogP contribution is 2.22. The average Bonchev–Trinajstić information content (AvgIpc) is 3.43. The zero-order valence-electron chi connectivity index (χ0n) is 24.0. The first-order valence-corrected chi connectivity index (χ1v) is 15.1. The second-order valence-electron chi connectivity index (χ2n) is 10.3. The topological polar surface area (TPSA) is 127 Å². The van der Waals surface area contributed by atoms with E-state index in [9.17, 15) is 14.4 Å². The van der Waals surface area contributed by atoms with Crippen LogP contribution in [0.1, 0.15) is 72.8 Å². The van der Waals surface area contributed by atoms with E-state index in [1.54, 1.807) is 6.07 Å². The Bertz CT molecular complexity index is 1470. The van der Waals surface area contributed by atoms with Crippen molar-refractivity contribution in [2.75, 3.05) is 10.6 Å². The first kappa shape index (κ1) is 30.6. The van der Waals surface area contributed by atoms with E-state index >= 15 is 0 Å². The third-order valence-corrected chi connectivity index (χ3v) is 7.69. The van der Waals surface area contributed by atoms with Crippen molar-refractivity contribution in [3.8, 4) is 0 Å². The van der Waals surface area contributed by atoms with Crippen LogP contribution in [-0.2, 0) is 40.1 Å². The minimum Gasteiger partial charge on any atom is -0.309 e. The third kappa shape index (κ3) is 9.95. The molecule has 1 unspecified atom stereocenters. The minimum atomic E-state index is -0.167. The van der Waals surface area contributed by atoms with Gasteiger partial charge in [0.2, 0.25) is 16.9 Å². The molecule has 0 radical (unpaired) electrons.